The molecular weight excluding hydrogens is 307 g/mol. The van der Waals surface area contributed by atoms with Crippen molar-refractivity contribution in [3.05, 3.63) is 56.3 Å². The van der Waals surface area contributed by atoms with Gasteiger partial charge in [-0.1, -0.05) is 6.07 Å². The van der Waals surface area contributed by atoms with Crippen molar-refractivity contribution >= 4 is 21.6 Å². The number of hydrogen-bond acceptors (Lipinski definition) is 4. The number of hydrogen-bond donors (Lipinski definition) is 1. The van der Waals surface area contributed by atoms with Crippen LogP contribution in [0.3, 0.4) is 0 Å². The summed E-state index contributed by atoms with van der Waals surface area (Å²) in [6.45, 7) is 0. The van der Waals surface area contributed by atoms with Gasteiger partial charge in [-0.25, -0.2) is 14.3 Å². The maximum absolute atomic E-state index is 12.6. The third-order valence-corrected chi connectivity index (χ3v) is 3.68. The highest BCUT2D eigenvalue weighted by Crippen LogP contribution is 2.26. The van der Waals surface area contributed by atoms with Gasteiger partial charge in [0, 0.05) is 6.07 Å². The van der Waals surface area contributed by atoms with Gasteiger partial charge in [0.1, 0.15) is 5.69 Å². The molecule has 2 aromatic heterocycles. The Morgan fingerprint density at radius 3 is 2.67 bits per heavy atom. The molecule has 1 N–H and O–H groups in total. The Labute approximate surface area is 118 Å². The van der Waals surface area contributed by atoms with Gasteiger partial charge in [-0.15, -0.1) is 11.3 Å². The van der Waals surface area contributed by atoms with E-state index in [1.165, 1.54) is 22.9 Å². The molecule has 0 bridgehead atoms. The summed E-state index contributed by atoms with van der Waals surface area (Å²) in [5.41, 5.74) is -1.27. The number of aromatic amines is 1. The number of halogens is 3. The maximum Gasteiger partial charge on any atom is 0.431 e. The van der Waals surface area contributed by atoms with Crippen molar-refractivity contribution in [3.8, 4) is 5.69 Å². The molecule has 0 atom stereocenters. The lowest BCUT2D eigenvalue weighted by Crippen LogP contribution is -2.35. The van der Waals surface area contributed by atoms with E-state index in [0.717, 1.165) is 0 Å². The molecule has 0 saturated heterocycles. The van der Waals surface area contributed by atoms with Gasteiger partial charge in [0.2, 0.25) is 0 Å². The van der Waals surface area contributed by atoms with E-state index in [-0.39, 0.29) is 5.69 Å². The van der Waals surface area contributed by atoms with Crippen molar-refractivity contribution in [2.24, 2.45) is 0 Å². The van der Waals surface area contributed by atoms with Crippen LogP contribution >= 0.6 is 11.3 Å². The number of H-pyrrole nitrogens is 1. The quantitative estimate of drug-likeness (QED) is 0.748. The van der Waals surface area contributed by atoms with Crippen LogP contribution in [0.2, 0.25) is 0 Å². The van der Waals surface area contributed by atoms with Gasteiger partial charge in [0.05, 0.1) is 21.4 Å². The lowest BCUT2D eigenvalue weighted by atomic mass is 10.3. The standard InChI is InChI=1S/C12H6F3N3O2S/c13-12(14,15)8-4-9(19)18(11(20)17-8)7-3-1-2-6-10(7)21-5-16-6/h1-5H,(H,17,20). The molecule has 108 valence electrons. The highest BCUT2D eigenvalue weighted by atomic mass is 32.1. The molecule has 5 nitrogen and oxygen atoms in total. The zero-order valence-electron chi connectivity index (χ0n) is 10.1. The molecule has 0 spiro atoms. The molecule has 0 saturated carbocycles. The molecule has 0 aliphatic carbocycles. The number of thiazole rings is 1. The first kappa shape index (κ1) is 13.6. The maximum atomic E-state index is 12.6. The van der Waals surface area contributed by atoms with E-state index in [1.54, 1.807) is 17.1 Å². The molecule has 21 heavy (non-hydrogen) atoms. The number of benzene rings is 1. The number of rotatable bonds is 1. The summed E-state index contributed by atoms with van der Waals surface area (Å²) in [5, 5.41) is 0. The number of nitrogens with one attached hydrogen (secondary N) is 1. The summed E-state index contributed by atoms with van der Waals surface area (Å²) in [6, 6.07) is 5.09. The van der Waals surface area contributed by atoms with E-state index in [2.05, 4.69) is 4.98 Å². The molecule has 0 aliphatic rings. The number of fused-ring (bicyclic) bond motifs is 1. The fourth-order valence-electron chi connectivity index (χ4n) is 1.92. The Kier molecular flexibility index (Phi) is 2.94. The van der Waals surface area contributed by atoms with Crippen LogP contribution in [0.25, 0.3) is 15.9 Å². The van der Waals surface area contributed by atoms with Crippen molar-refractivity contribution in [2.75, 3.05) is 0 Å². The van der Waals surface area contributed by atoms with Crippen molar-refractivity contribution in [2.45, 2.75) is 6.18 Å². The van der Waals surface area contributed by atoms with E-state index in [0.29, 0.717) is 20.9 Å². The Bertz CT molecular complexity index is 908. The van der Waals surface area contributed by atoms with E-state index >= 15 is 0 Å². The molecular formula is C12H6F3N3O2S. The first-order valence-electron chi connectivity index (χ1n) is 5.64. The van der Waals surface area contributed by atoms with Crippen molar-refractivity contribution < 1.29 is 13.2 Å². The number of nitrogens with zero attached hydrogens (tertiary/aromatic N) is 2. The molecule has 1 aromatic carbocycles. The van der Waals surface area contributed by atoms with Gasteiger partial charge in [-0.05, 0) is 12.1 Å². The van der Waals surface area contributed by atoms with E-state index in [4.69, 9.17) is 0 Å². The van der Waals surface area contributed by atoms with E-state index in [1.807, 2.05) is 0 Å². The van der Waals surface area contributed by atoms with Crippen LogP contribution in [-0.4, -0.2) is 14.5 Å². The summed E-state index contributed by atoms with van der Waals surface area (Å²) in [4.78, 5) is 29.5. The summed E-state index contributed by atoms with van der Waals surface area (Å²) in [5.74, 6) is 0. The fourth-order valence-corrected chi connectivity index (χ4v) is 2.72. The van der Waals surface area contributed by atoms with Crippen LogP contribution in [0.5, 0.6) is 0 Å². The Morgan fingerprint density at radius 1 is 1.24 bits per heavy atom. The van der Waals surface area contributed by atoms with Gasteiger partial charge in [0.15, 0.2) is 0 Å². The van der Waals surface area contributed by atoms with Crippen LogP contribution in [0, 0.1) is 0 Å². The monoisotopic (exact) mass is 313 g/mol. The third kappa shape index (κ3) is 2.25. The Morgan fingerprint density at radius 2 is 2.00 bits per heavy atom. The van der Waals surface area contributed by atoms with Gasteiger partial charge in [-0.2, -0.15) is 13.2 Å². The second-order valence-corrected chi connectivity index (χ2v) is 4.99. The normalized spacial score (nSPS) is 12.0. The molecule has 0 aliphatic heterocycles. The van der Waals surface area contributed by atoms with Crippen molar-refractivity contribution in [1.82, 2.24) is 14.5 Å². The Balaban J connectivity index is 2.32. The molecule has 3 rings (SSSR count). The largest absolute Gasteiger partial charge is 0.431 e. The third-order valence-electron chi connectivity index (χ3n) is 2.82. The highest BCUT2D eigenvalue weighted by Gasteiger charge is 2.33. The van der Waals surface area contributed by atoms with Crippen molar-refractivity contribution in [1.29, 1.82) is 0 Å². The van der Waals surface area contributed by atoms with Crippen LogP contribution in [0.4, 0.5) is 13.2 Å². The summed E-state index contributed by atoms with van der Waals surface area (Å²) in [6.07, 6.45) is -4.78. The van der Waals surface area contributed by atoms with Crippen LogP contribution in [0.1, 0.15) is 5.69 Å². The van der Waals surface area contributed by atoms with Gasteiger partial charge < -0.3 is 4.98 Å². The molecule has 2 heterocycles. The van der Waals surface area contributed by atoms with Gasteiger partial charge >= 0.3 is 11.9 Å². The van der Waals surface area contributed by atoms with Crippen LogP contribution in [0.15, 0.2) is 39.4 Å². The van der Waals surface area contributed by atoms with E-state index < -0.39 is 23.1 Å². The van der Waals surface area contributed by atoms with Gasteiger partial charge in [0.25, 0.3) is 5.56 Å². The summed E-state index contributed by atoms with van der Waals surface area (Å²) in [7, 11) is 0. The van der Waals surface area contributed by atoms with Crippen LogP contribution < -0.4 is 11.2 Å². The average Bonchev–Trinajstić information content (AvgIpc) is 2.85. The molecule has 0 unspecified atom stereocenters. The second kappa shape index (κ2) is 4.55. The zero-order valence-corrected chi connectivity index (χ0v) is 11.0. The second-order valence-electron chi connectivity index (χ2n) is 4.14. The molecule has 0 amide bonds. The van der Waals surface area contributed by atoms with E-state index in [9.17, 15) is 22.8 Å². The topological polar surface area (TPSA) is 67.8 Å². The van der Waals surface area contributed by atoms with Gasteiger partial charge in [-0.3, -0.25) is 4.79 Å². The minimum absolute atomic E-state index is 0.204. The first-order chi connectivity index (χ1) is 9.88. The zero-order chi connectivity index (χ0) is 15.2. The summed E-state index contributed by atoms with van der Waals surface area (Å²) < 4.78 is 38.9. The molecule has 9 heteroatoms. The lowest BCUT2D eigenvalue weighted by Gasteiger charge is -2.09. The average molecular weight is 313 g/mol. The predicted molar refractivity (Wildman–Crippen MR) is 70.8 cm³/mol. The fraction of sp³-hybridized carbons (Fsp3) is 0.0833. The Hall–Kier alpha value is -2.42. The molecule has 3 aromatic rings. The minimum atomic E-state index is -4.78. The minimum Gasteiger partial charge on any atom is -0.303 e. The van der Waals surface area contributed by atoms with Crippen LogP contribution in [-0.2, 0) is 6.18 Å². The first-order valence-corrected chi connectivity index (χ1v) is 6.52. The smallest absolute Gasteiger partial charge is 0.303 e. The SMILES string of the molecule is O=c1cc(C(F)(F)F)[nH]c(=O)n1-c1cccc2ncsc12. The number of aromatic nitrogens is 3. The summed E-state index contributed by atoms with van der Waals surface area (Å²) >= 11 is 1.19. The molecule has 0 fully saturated rings. The lowest BCUT2D eigenvalue weighted by molar-refractivity contribution is -0.141. The number of alkyl halides is 3. The predicted octanol–water partition coefficient (Wildman–Crippen LogP) is 2.15. The molecule has 0 radical (unpaired) electrons. The van der Waals surface area contributed by atoms with Crippen molar-refractivity contribution in [3.63, 3.8) is 0 Å². The highest BCUT2D eigenvalue weighted by molar-refractivity contribution is 7.17.